The van der Waals surface area contributed by atoms with E-state index in [4.69, 9.17) is 0 Å². The molecular weight excluding hydrogens is 217 g/mol. The second-order valence-electron chi connectivity index (χ2n) is 4.65. The molecule has 0 bridgehead atoms. The lowest BCUT2D eigenvalue weighted by Gasteiger charge is -2.38. The molecule has 0 aromatic carbocycles. The molecule has 5 heteroatoms. The third-order valence-electron chi connectivity index (χ3n) is 3.34. The van der Waals surface area contributed by atoms with E-state index in [0.29, 0.717) is 6.42 Å². The highest BCUT2D eigenvalue weighted by molar-refractivity contribution is 5.61. The van der Waals surface area contributed by atoms with Crippen LogP contribution in [0.5, 0.6) is 0 Å². The van der Waals surface area contributed by atoms with Gasteiger partial charge in [-0.25, -0.2) is 0 Å². The van der Waals surface area contributed by atoms with Gasteiger partial charge in [-0.15, -0.1) is 0 Å². The summed E-state index contributed by atoms with van der Waals surface area (Å²) in [6, 6.07) is -0.0518. The van der Waals surface area contributed by atoms with E-state index in [1.165, 1.54) is 0 Å². The van der Waals surface area contributed by atoms with Crippen LogP contribution in [0.3, 0.4) is 0 Å². The Morgan fingerprint density at radius 3 is 2.31 bits per heavy atom. The lowest BCUT2D eigenvalue weighted by atomic mass is 9.78. The molecule has 0 heterocycles. The highest BCUT2D eigenvalue weighted by Gasteiger charge is 2.44. The van der Waals surface area contributed by atoms with E-state index in [0.717, 1.165) is 0 Å². The van der Waals surface area contributed by atoms with Crippen molar-refractivity contribution in [1.29, 1.82) is 0 Å². The second-order valence-corrected chi connectivity index (χ2v) is 4.65. The first-order chi connectivity index (χ1) is 7.36. The number of rotatable bonds is 2. The highest BCUT2D eigenvalue weighted by Crippen LogP contribution is 2.40. The number of hydrogen-bond donors (Lipinski definition) is 0. The SMILES string of the molecule is CN=CC1CC[C@H](C(F)(F)F)C[C@@H]1N(C)C. The Hall–Kier alpha value is -0.580. The van der Waals surface area contributed by atoms with Gasteiger partial charge in [0.25, 0.3) is 0 Å². The van der Waals surface area contributed by atoms with Gasteiger partial charge in [-0.1, -0.05) is 0 Å². The number of nitrogens with zero attached hydrogens (tertiary/aromatic N) is 2. The normalized spacial score (nSPS) is 32.6. The van der Waals surface area contributed by atoms with Crippen molar-refractivity contribution in [2.75, 3.05) is 21.1 Å². The topological polar surface area (TPSA) is 15.6 Å². The summed E-state index contributed by atoms with van der Waals surface area (Å²) in [6.07, 6.45) is -1.28. The van der Waals surface area contributed by atoms with E-state index in [1.807, 2.05) is 19.0 Å². The second kappa shape index (κ2) is 5.17. The molecule has 0 radical (unpaired) electrons. The summed E-state index contributed by atoms with van der Waals surface area (Å²) in [6.45, 7) is 0. The summed E-state index contributed by atoms with van der Waals surface area (Å²) in [5, 5.41) is 0. The molecule has 0 spiro atoms. The van der Waals surface area contributed by atoms with E-state index in [-0.39, 0.29) is 24.8 Å². The van der Waals surface area contributed by atoms with E-state index in [2.05, 4.69) is 4.99 Å². The van der Waals surface area contributed by atoms with E-state index in [1.54, 1.807) is 13.3 Å². The van der Waals surface area contributed by atoms with Crippen LogP contribution < -0.4 is 0 Å². The molecule has 3 atom stereocenters. The monoisotopic (exact) mass is 236 g/mol. The third-order valence-corrected chi connectivity index (χ3v) is 3.34. The first kappa shape index (κ1) is 13.5. The summed E-state index contributed by atoms with van der Waals surface area (Å²) in [5.74, 6) is -1.000. The minimum absolute atomic E-state index is 0.0518. The largest absolute Gasteiger partial charge is 0.391 e. The summed E-state index contributed by atoms with van der Waals surface area (Å²) in [4.78, 5) is 5.83. The summed E-state index contributed by atoms with van der Waals surface area (Å²) < 4.78 is 37.9. The van der Waals surface area contributed by atoms with Crippen LogP contribution in [0.4, 0.5) is 13.2 Å². The molecule has 94 valence electrons. The molecule has 0 aliphatic heterocycles. The Labute approximate surface area is 94.5 Å². The Kier molecular flexibility index (Phi) is 4.35. The molecule has 0 aromatic heterocycles. The van der Waals surface area contributed by atoms with Crippen molar-refractivity contribution in [1.82, 2.24) is 4.90 Å². The maximum atomic E-state index is 12.6. The Balaban J connectivity index is 2.72. The minimum atomic E-state index is -4.05. The first-order valence-electron chi connectivity index (χ1n) is 5.51. The van der Waals surface area contributed by atoms with Crippen LogP contribution in [0.2, 0.25) is 0 Å². The number of alkyl halides is 3. The third kappa shape index (κ3) is 3.20. The van der Waals surface area contributed by atoms with Crippen LogP contribution in [0.15, 0.2) is 4.99 Å². The lowest BCUT2D eigenvalue weighted by molar-refractivity contribution is -0.187. The van der Waals surface area contributed by atoms with E-state index in [9.17, 15) is 13.2 Å². The van der Waals surface area contributed by atoms with Gasteiger partial charge in [-0.3, -0.25) is 0 Å². The number of halogens is 3. The van der Waals surface area contributed by atoms with Crippen molar-refractivity contribution in [3.05, 3.63) is 0 Å². The lowest BCUT2D eigenvalue weighted by Crippen LogP contribution is -2.44. The standard InChI is InChI=1S/C11H19F3N2/c1-15-7-8-4-5-9(11(12,13)14)6-10(8)16(2)3/h7-10H,4-6H2,1-3H3/t8?,9-,10-/m0/s1. The average Bonchev–Trinajstić information content (AvgIpc) is 2.16. The van der Waals surface area contributed by atoms with Gasteiger partial charge < -0.3 is 9.89 Å². The fourth-order valence-electron chi connectivity index (χ4n) is 2.43. The van der Waals surface area contributed by atoms with Crippen molar-refractivity contribution < 1.29 is 13.2 Å². The summed E-state index contributed by atoms with van der Waals surface area (Å²) in [7, 11) is 5.34. The predicted octanol–water partition coefficient (Wildman–Crippen LogP) is 2.60. The maximum Gasteiger partial charge on any atom is 0.391 e. The predicted molar refractivity (Wildman–Crippen MR) is 58.8 cm³/mol. The highest BCUT2D eigenvalue weighted by atomic mass is 19.4. The maximum absolute atomic E-state index is 12.6. The molecule has 0 saturated heterocycles. The van der Waals surface area contributed by atoms with Crippen LogP contribution in [-0.4, -0.2) is 44.5 Å². The van der Waals surface area contributed by atoms with Crippen LogP contribution in [0, 0.1) is 11.8 Å². The van der Waals surface area contributed by atoms with Crippen LogP contribution >= 0.6 is 0 Å². The van der Waals surface area contributed by atoms with Crippen molar-refractivity contribution in [2.24, 2.45) is 16.8 Å². The average molecular weight is 236 g/mol. The zero-order valence-corrected chi connectivity index (χ0v) is 9.96. The van der Waals surface area contributed by atoms with E-state index >= 15 is 0 Å². The smallest absolute Gasteiger partial charge is 0.306 e. The van der Waals surface area contributed by atoms with Gasteiger partial charge in [0.1, 0.15) is 0 Å². The molecule has 1 saturated carbocycles. The summed E-state index contributed by atoms with van der Waals surface area (Å²) in [5.41, 5.74) is 0. The zero-order chi connectivity index (χ0) is 12.3. The molecular formula is C11H19F3N2. The van der Waals surface area contributed by atoms with Gasteiger partial charge in [-0.2, -0.15) is 13.2 Å². The molecule has 0 amide bonds. The first-order valence-corrected chi connectivity index (χ1v) is 5.51. The molecule has 1 aliphatic rings. The van der Waals surface area contributed by atoms with Gasteiger partial charge in [-0.05, 0) is 33.4 Å². The molecule has 0 aromatic rings. The summed E-state index contributed by atoms with van der Waals surface area (Å²) >= 11 is 0. The van der Waals surface area contributed by atoms with Gasteiger partial charge in [0.15, 0.2) is 0 Å². The fourth-order valence-corrected chi connectivity index (χ4v) is 2.43. The van der Waals surface area contributed by atoms with Gasteiger partial charge in [0.2, 0.25) is 0 Å². The Morgan fingerprint density at radius 1 is 1.25 bits per heavy atom. The van der Waals surface area contributed by atoms with Gasteiger partial charge >= 0.3 is 6.18 Å². The molecule has 0 N–H and O–H groups in total. The van der Waals surface area contributed by atoms with E-state index < -0.39 is 12.1 Å². The number of hydrogen-bond acceptors (Lipinski definition) is 2. The van der Waals surface area contributed by atoms with Gasteiger partial charge in [0, 0.05) is 25.2 Å². The van der Waals surface area contributed by atoms with Crippen LogP contribution in [-0.2, 0) is 0 Å². The van der Waals surface area contributed by atoms with Gasteiger partial charge in [0.05, 0.1) is 5.92 Å². The number of aliphatic imine (C=N–C) groups is 1. The molecule has 1 unspecified atom stereocenters. The Morgan fingerprint density at radius 2 is 1.88 bits per heavy atom. The van der Waals surface area contributed by atoms with Crippen LogP contribution in [0.25, 0.3) is 0 Å². The quantitative estimate of drug-likeness (QED) is 0.673. The minimum Gasteiger partial charge on any atom is -0.306 e. The Bertz CT molecular complexity index is 248. The van der Waals surface area contributed by atoms with Crippen LogP contribution in [0.1, 0.15) is 19.3 Å². The molecule has 1 aliphatic carbocycles. The zero-order valence-electron chi connectivity index (χ0n) is 9.96. The van der Waals surface area contributed by atoms with Crippen molar-refractivity contribution >= 4 is 6.21 Å². The molecule has 2 nitrogen and oxygen atoms in total. The van der Waals surface area contributed by atoms with Crippen molar-refractivity contribution in [2.45, 2.75) is 31.5 Å². The molecule has 1 rings (SSSR count). The molecule has 1 fully saturated rings. The molecule has 16 heavy (non-hydrogen) atoms. The fraction of sp³-hybridized carbons (Fsp3) is 0.909. The van der Waals surface area contributed by atoms with Crippen molar-refractivity contribution in [3.63, 3.8) is 0 Å². The van der Waals surface area contributed by atoms with Crippen molar-refractivity contribution in [3.8, 4) is 0 Å².